The first-order valence-electron chi connectivity index (χ1n) is 27.1. The first-order valence-corrected chi connectivity index (χ1v) is 27.1. The number of rotatable bonds is 16. The van der Waals surface area contributed by atoms with Crippen LogP contribution < -0.4 is 5.32 Å². The van der Waals surface area contributed by atoms with Gasteiger partial charge in [0, 0.05) is 63.5 Å². The molecule has 6 N–H and O–H groups in total. The number of alkyl halides is 1. The van der Waals surface area contributed by atoms with Gasteiger partial charge in [-0.1, -0.05) is 52.0 Å². The Labute approximate surface area is 445 Å². The molecule has 0 bridgehead atoms. The van der Waals surface area contributed by atoms with E-state index in [2.05, 4.69) is 20.5 Å². The SMILES string of the molecule is CC[C@H]1OC(=O)[C@H](C)[C@@H](C2C[C@@](C)(OC)[C@@H](O)[C@H](C)O2)[C@H](C)[C@@H](O[C@@H]2O[C@H](C)C[C@H](N(C)CCC(=O)N[C@H](CF)[C@H](O)c3ccc(-n4cc(CN(C)C)nn4)cc3)[C@H]2C)[C@](C)(O)C[C@@H](C)CN(C)[C@H](C)[C@@H](O)[C@]1(C)O. The van der Waals surface area contributed by atoms with Gasteiger partial charge in [0.15, 0.2) is 6.29 Å². The lowest BCUT2D eigenvalue weighted by atomic mass is 9.68. The number of aromatic nitrogens is 3. The molecule has 5 rings (SSSR count). The van der Waals surface area contributed by atoms with Gasteiger partial charge in [-0.3, -0.25) is 9.59 Å². The molecule has 19 nitrogen and oxygen atoms in total. The van der Waals surface area contributed by atoms with Crippen LogP contribution in [-0.4, -0.2) is 206 Å². The maximum atomic E-state index is 14.7. The van der Waals surface area contributed by atoms with Crippen LogP contribution in [0.5, 0.6) is 0 Å². The number of aliphatic hydroxyl groups excluding tert-OH is 3. The number of ether oxygens (including phenoxy) is 5. The monoisotopic (exact) mass is 1060 g/mol. The van der Waals surface area contributed by atoms with Gasteiger partial charge >= 0.3 is 5.97 Å². The van der Waals surface area contributed by atoms with Gasteiger partial charge in [0.25, 0.3) is 0 Å². The van der Waals surface area contributed by atoms with E-state index in [1.165, 1.54) is 14.0 Å². The van der Waals surface area contributed by atoms with E-state index in [0.717, 1.165) is 5.69 Å². The van der Waals surface area contributed by atoms with E-state index in [9.17, 15) is 39.5 Å². The summed E-state index contributed by atoms with van der Waals surface area (Å²) < 4.78 is 48.8. The van der Waals surface area contributed by atoms with E-state index in [-0.39, 0.29) is 49.7 Å². The number of benzene rings is 1. The third-order valence-electron chi connectivity index (χ3n) is 16.9. The summed E-state index contributed by atoms with van der Waals surface area (Å²) in [5, 5.41) is 70.3. The molecule has 1 aromatic heterocycles. The van der Waals surface area contributed by atoms with Gasteiger partial charge in [-0.05, 0) is 119 Å². The van der Waals surface area contributed by atoms with Crippen molar-refractivity contribution >= 4 is 11.9 Å². The topological polar surface area (TPSA) is 234 Å². The number of carbonyl (C=O) groups excluding carboxylic acids is 2. The van der Waals surface area contributed by atoms with Crippen LogP contribution in [-0.2, 0) is 39.8 Å². The molecule has 1 aromatic carbocycles. The number of amides is 1. The van der Waals surface area contributed by atoms with Crippen LogP contribution in [0.4, 0.5) is 4.39 Å². The van der Waals surface area contributed by atoms with Gasteiger partial charge in [-0.15, -0.1) is 5.10 Å². The highest BCUT2D eigenvalue weighted by molar-refractivity contribution is 5.76. The predicted octanol–water partition coefficient (Wildman–Crippen LogP) is 4.04. The van der Waals surface area contributed by atoms with E-state index in [1.54, 1.807) is 56.6 Å². The number of carbonyl (C=O) groups is 2. The van der Waals surface area contributed by atoms with Crippen molar-refractivity contribution in [2.24, 2.45) is 29.6 Å². The van der Waals surface area contributed by atoms with Crippen molar-refractivity contribution < 1.29 is 63.2 Å². The average Bonchev–Trinajstić information content (AvgIpc) is 3.82. The second-order valence-corrected chi connectivity index (χ2v) is 23.6. The summed E-state index contributed by atoms with van der Waals surface area (Å²) in [6.07, 6.45) is -5.17. The molecular formula is C55H94FN7O12. The Balaban J connectivity index is 1.39. The standard InChI is InChI=1S/C55H94FN7O12/c1-17-44-55(11,70)48(66)36(7)62(15)28-31(2)25-53(9,69)50(34(5)46(35(6)51(68)74-44)43-26-54(10,71-16)49(67)37(8)73-43)75-52-33(4)42(24-32(3)72-52)61(14)23-22-45(64)57-41(27-56)47(65)38-18-20-40(21-19-38)63-30-39(58-59-63)29-60(12)13/h18-21,30-37,41-44,46-50,52,65-67,69-70H,17,22-29H2,1-16H3,(H,57,64)/t31-,32-,33-,34+,35-,36-,37+,41-,42+,43?,44-,46+,47-,48-,49+,50-,52+,53-,54-,55-/m1/s1. The minimum Gasteiger partial charge on any atom is -0.459 e. The normalized spacial score (nSPS) is 38.9. The zero-order chi connectivity index (χ0) is 56.1. The highest BCUT2D eigenvalue weighted by Crippen LogP contribution is 2.45. The summed E-state index contributed by atoms with van der Waals surface area (Å²) in [5.74, 6) is -3.81. The molecule has 0 radical (unpaired) electrons. The third kappa shape index (κ3) is 14.9. The van der Waals surface area contributed by atoms with Crippen LogP contribution in [0.3, 0.4) is 0 Å². The highest BCUT2D eigenvalue weighted by atomic mass is 19.1. The molecule has 3 aliphatic rings. The van der Waals surface area contributed by atoms with Crippen LogP contribution in [0.2, 0.25) is 0 Å². The minimum absolute atomic E-state index is 0.0134. The zero-order valence-electron chi connectivity index (χ0n) is 47.7. The molecule has 428 valence electrons. The fraction of sp³-hybridized carbons (Fsp3) is 0.818. The van der Waals surface area contributed by atoms with Crippen LogP contribution in [0.1, 0.15) is 126 Å². The van der Waals surface area contributed by atoms with E-state index >= 15 is 0 Å². The van der Waals surface area contributed by atoms with Gasteiger partial charge in [-0.25, -0.2) is 9.07 Å². The first-order chi connectivity index (χ1) is 35.0. The lowest BCUT2D eigenvalue weighted by Gasteiger charge is -2.51. The number of likely N-dealkylation sites (N-methyl/N-ethyl adjacent to an activating group) is 1. The molecule has 3 aliphatic heterocycles. The molecular weight excluding hydrogens is 970 g/mol. The number of nitrogens with one attached hydrogen (secondary N) is 1. The summed E-state index contributed by atoms with van der Waals surface area (Å²) in [5.41, 5.74) is -2.50. The Bertz CT molecular complexity index is 2120. The molecule has 3 fully saturated rings. The number of nitrogens with zero attached hydrogens (tertiary/aromatic N) is 6. The van der Waals surface area contributed by atoms with Crippen LogP contribution in [0.15, 0.2) is 30.5 Å². The van der Waals surface area contributed by atoms with Gasteiger partial charge in [0.05, 0.1) is 65.2 Å². The maximum Gasteiger partial charge on any atom is 0.309 e. The van der Waals surface area contributed by atoms with E-state index < -0.39 is 114 Å². The molecule has 2 aromatic rings. The van der Waals surface area contributed by atoms with Gasteiger partial charge in [-0.2, -0.15) is 0 Å². The molecule has 4 heterocycles. The summed E-state index contributed by atoms with van der Waals surface area (Å²) in [4.78, 5) is 34.1. The number of cyclic esters (lactones) is 1. The van der Waals surface area contributed by atoms with Crippen molar-refractivity contribution in [2.75, 3.05) is 55.1 Å². The predicted molar refractivity (Wildman–Crippen MR) is 281 cm³/mol. The molecule has 20 atom stereocenters. The van der Waals surface area contributed by atoms with Crippen molar-refractivity contribution in [3.63, 3.8) is 0 Å². The van der Waals surface area contributed by atoms with Crippen molar-refractivity contribution in [2.45, 2.75) is 205 Å². The maximum absolute atomic E-state index is 14.7. The Morgan fingerprint density at radius 2 is 1.64 bits per heavy atom. The number of hydrogen-bond donors (Lipinski definition) is 6. The molecule has 20 heteroatoms. The Morgan fingerprint density at radius 3 is 2.24 bits per heavy atom. The number of esters is 1. The van der Waals surface area contributed by atoms with Gasteiger partial charge < -0.3 is 69.2 Å². The smallest absolute Gasteiger partial charge is 0.309 e. The van der Waals surface area contributed by atoms with Gasteiger partial charge in [0.1, 0.15) is 36.7 Å². The van der Waals surface area contributed by atoms with Crippen molar-refractivity contribution in [1.29, 1.82) is 0 Å². The molecule has 0 aliphatic carbocycles. The lowest BCUT2D eigenvalue weighted by Crippen LogP contribution is -2.61. The summed E-state index contributed by atoms with van der Waals surface area (Å²) >= 11 is 0. The van der Waals surface area contributed by atoms with Crippen molar-refractivity contribution in [3.05, 3.63) is 41.7 Å². The molecule has 75 heavy (non-hydrogen) atoms. The second kappa shape index (κ2) is 26.1. The lowest BCUT2D eigenvalue weighted by molar-refractivity contribution is -0.290. The molecule has 3 saturated heterocycles. The quantitative estimate of drug-likeness (QED) is 0.130. The van der Waals surface area contributed by atoms with E-state index in [0.29, 0.717) is 37.3 Å². The van der Waals surface area contributed by atoms with Crippen molar-refractivity contribution in [3.8, 4) is 5.69 Å². The van der Waals surface area contributed by atoms with Crippen LogP contribution in [0.25, 0.3) is 5.69 Å². The van der Waals surface area contributed by atoms with E-state index in [1.807, 2.05) is 85.7 Å². The van der Waals surface area contributed by atoms with Crippen LogP contribution >= 0.6 is 0 Å². The summed E-state index contributed by atoms with van der Waals surface area (Å²) in [6.45, 7) is 20.4. The Kier molecular flexibility index (Phi) is 21.8. The third-order valence-corrected chi connectivity index (χ3v) is 16.9. The number of halogens is 1. The van der Waals surface area contributed by atoms with Crippen molar-refractivity contribution in [1.82, 2.24) is 35.0 Å². The molecule has 0 saturated carbocycles. The number of hydrogen-bond acceptors (Lipinski definition) is 17. The fourth-order valence-corrected chi connectivity index (χ4v) is 12.3. The Morgan fingerprint density at radius 1 is 0.987 bits per heavy atom. The first kappa shape index (κ1) is 62.6. The van der Waals surface area contributed by atoms with Gasteiger partial charge in [0.2, 0.25) is 5.91 Å². The summed E-state index contributed by atoms with van der Waals surface area (Å²) in [7, 11) is 9.18. The summed E-state index contributed by atoms with van der Waals surface area (Å²) in [6, 6.07) is 4.93. The molecule has 0 spiro atoms. The minimum atomic E-state index is -1.82. The average molecular weight is 1060 g/mol. The fourth-order valence-electron chi connectivity index (χ4n) is 12.3. The highest BCUT2D eigenvalue weighted by Gasteiger charge is 2.55. The molecule has 1 amide bonds. The molecule has 1 unspecified atom stereocenters. The largest absolute Gasteiger partial charge is 0.459 e. The number of methoxy groups -OCH3 is 1. The number of aliphatic hydroxyl groups is 5. The zero-order valence-corrected chi connectivity index (χ0v) is 47.7. The van der Waals surface area contributed by atoms with Crippen LogP contribution in [0, 0.1) is 29.6 Å². The van der Waals surface area contributed by atoms with E-state index in [4.69, 9.17) is 23.7 Å². The Hall–Kier alpha value is -3.25. The second-order valence-electron chi connectivity index (χ2n) is 23.6.